The summed E-state index contributed by atoms with van der Waals surface area (Å²) in [5.74, 6) is 1.77. The number of anilines is 2. The van der Waals surface area contributed by atoms with Gasteiger partial charge in [-0.15, -0.1) is 0 Å². The van der Waals surface area contributed by atoms with Crippen molar-refractivity contribution in [2.24, 2.45) is 0 Å². The predicted octanol–water partition coefficient (Wildman–Crippen LogP) is 1.40. The second kappa shape index (κ2) is 9.11. The Morgan fingerprint density at radius 3 is 2.80 bits per heavy atom. The van der Waals surface area contributed by atoms with Crippen LogP contribution in [-0.4, -0.2) is 77.4 Å². The summed E-state index contributed by atoms with van der Waals surface area (Å²) in [6, 6.07) is 12.2. The van der Waals surface area contributed by atoms with Crippen molar-refractivity contribution in [3.8, 4) is 0 Å². The zero-order chi connectivity index (χ0) is 20.9. The number of rotatable bonds is 6. The molecule has 158 valence electrons. The summed E-state index contributed by atoms with van der Waals surface area (Å²) >= 11 is 0. The zero-order valence-corrected chi connectivity index (χ0v) is 17.3. The van der Waals surface area contributed by atoms with Crippen LogP contribution in [0.1, 0.15) is 18.4 Å². The van der Waals surface area contributed by atoms with Gasteiger partial charge in [-0.2, -0.15) is 0 Å². The first kappa shape index (κ1) is 20.1. The molecule has 2 aromatic rings. The van der Waals surface area contributed by atoms with Crippen LogP contribution in [0.15, 0.2) is 42.7 Å². The van der Waals surface area contributed by atoms with Crippen LogP contribution in [0.4, 0.5) is 11.6 Å². The molecule has 1 aromatic carbocycles. The van der Waals surface area contributed by atoms with E-state index >= 15 is 0 Å². The summed E-state index contributed by atoms with van der Waals surface area (Å²) in [5.41, 5.74) is 1.19. The first-order valence-electron chi connectivity index (χ1n) is 10.5. The molecule has 3 heterocycles. The molecular weight excluding hydrogens is 380 g/mol. The fourth-order valence-electron chi connectivity index (χ4n) is 3.92. The number of piperazine rings is 1. The Bertz CT molecular complexity index is 890. The quantitative estimate of drug-likeness (QED) is 0.778. The number of benzene rings is 1. The third-order valence-corrected chi connectivity index (χ3v) is 5.80. The van der Waals surface area contributed by atoms with Gasteiger partial charge in [-0.1, -0.05) is 30.3 Å². The predicted molar refractivity (Wildman–Crippen MR) is 115 cm³/mol. The largest absolute Gasteiger partial charge is 0.365 e. The van der Waals surface area contributed by atoms with Crippen LogP contribution in [0.25, 0.3) is 0 Å². The topological polar surface area (TPSA) is 81.7 Å². The van der Waals surface area contributed by atoms with Crippen molar-refractivity contribution < 1.29 is 9.59 Å². The minimum atomic E-state index is 0.0924. The molecule has 2 fully saturated rings. The molecule has 0 spiro atoms. The van der Waals surface area contributed by atoms with Gasteiger partial charge < -0.3 is 20.0 Å². The van der Waals surface area contributed by atoms with Gasteiger partial charge in [0.15, 0.2) is 0 Å². The molecule has 8 nitrogen and oxygen atoms in total. The van der Waals surface area contributed by atoms with E-state index in [1.54, 1.807) is 4.90 Å². The van der Waals surface area contributed by atoms with Crippen molar-refractivity contribution in [1.29, 1.82) is 0 Å². The summed E-state index contributed by atoms with van der Waals surface area (Å²) in [6.07, 6.45) is 3.72. The average Bonchev–Trinajstić information content (AvgIpc) is 3.23. The third-order valence-electron chi connectivity index (χ3n) is 5.80. The van der Waals surface area contributed by atoms with Gasteiger partial charge in [-0.05, 0) is 18.4 Å². The average molecular weight is 409 g/mol. The molecule has 2 aliphatic rings. The van der Waals surface area contributed by atoms with Crippen LogP contribution in [0.3, 0.4) is 0 Å². The van der Waals surface area contributed by atoms with E-state index < -0.39 is 0 Å². The number of hydrogen-bond acceptors (Lipinski definition) is 6. The van der Waals surface area contributed by atoms with Gasteiger partial charge in [0.2, 0.25) is 11.8 Å². The fourth-order valence-corrected chi connectivity index (χ4v) is 3.92. The van der Waals surface area contributed by atoms with Crippen LogP contribution in [-0.2, 0) is 16.0 Å². The molecule has 2 aliphatic heterocycles. The number of likely N-dealkylation sites (N-methyl/N-ethyl adjacent to an activating group) is 1. The van der Waals surface area contributed by atoms with Crippen LogP contribution in [0, 0.1) is 0 Å². The Morgan fingerprint density at radius 1 is 1.17 bits per heavy atom. The molecular formula is C22H28N6O2. The maximum atomic E-state index is 12.6. The highest BCUT2D eigenvalue weighted by Gasteiger charge is 2.27. The van der Waals surface area contributed by atoms with Crippen LogP contribution in [0.5, 0.6) is 0 Å². The SMILES string of the molecule is CN1CCN(c2cc(NC3CCN(C(=O)CCc4ccccc4)C3)ncn2)CC1=O. The summed E-state index contributed by atoms with van der Waals surface area (Å²) in [6.45, 7) is 3.22. The van der Waals surface area contributed by atoms with E-state index in [0.29, 0.717) is 26.1 Å². The van der Waals surface area contributed by atoms with E-state index in [9.17, 15) is 9.59 Å². The lowest BCUT2D eigenvalue weighted by Crippen LogP contribution is -2.48. The maximum Gasteiger partial charge on any atom is 0.241 e. The van der Waals surface area contributed by atoms with Crippen molar-refractivity contribution in [1.82, 2.24) is 19.8 Å². The molecule has 2 amide bonds. The Balaban J connectivity index is 1.29. The molecule has 4 rings (SSSR count). The molecule has 1 N–H and O–H groups in total. The highest BCUT2D eigenvalue weighted by molar-refractivity contribution is 5.82. The second-order valence-electron chi connectivity index (χ2n) is 7.95. The highest BCUT2D eigenvalue weighted by Crippen LogP contribution is 2.20. The van der Waals surface area contributed by atoms with E-state index in [1.165, 1.54) is 11.9 Å². The summed E-state index contributed by atoms with van der Waals surface area (Å²) in [5, 5.41) is 3.43. The molecule has 8 heteroatoms. The lowest BCUT2D eigenvalue weighted by atomic mass is 10.1. The lowest BCUT2D eigenvalue weighted by molar-refractivity contribution is -0.130. The fraction of sp³-hybridized carbons (Fsp3) is 0.455. The van der Waals surface area contributed by atoms with Gasteiger partial charge in [0, 0.05) is 51.8 Å². The van der Waals surface area contributed by atoms with Gasteiger partial charge in [-0.3, -0.25) is 9.59 Å². The maximum absolute atomic E-state index is 12.6. The first-order valence-corrected chi connectivity index (χ1v) is 10.5. The zero-order valence-electron chi connectivity index (χ0n) is 17.3. The van der Waals surface area contributed by atoms with Gasteiger partial charge >= 0.3 is 0 Å². The minimum Gasteiger partial charge on any atom is -0.365 e. The number of aromatic nitrogens is 2. The van der Waals surface area contributed by atoms with Crippen molar-refractivity contribution in [2.75, 3.05) is 50.0 Å². The smallest absolute Gasteiger partial charge is 0.241 e. The number of likely N-dealkylation sites (tertiary alicyclic amines) is 1. The van der Waals surface area contributed by atoms with Gasteiger partial charge in [0.25, 0.3) is 0 Å². The van der Waals surface area contributed by atoms with Crippen molar-refractivity contribution in [2.45, 2.75) is 25.3 Å². The molecule has 1 unspecified atom stereocenters. The molecule has 2 saturated heterocycles. The normalized spacial score (nSPS) is 19.3. The lowest BCUT2D eigenvalue weighted by Gasteiger charge is -2.32. The molecule has 1 aromatic heterocycles. The third kappa shape index (κ3) is 4.87. The monoisotopic (exact) mass is 408 g/mol. The van der Waals surface area contributed by atoms with Crippen molar-refractivity contribution in [3.05, 3.63) is 48.3 Å². The summed E-state index contributed by atoms with van der Waals surface area (Å²) in [7, 11) is 1.82. The summed E-state index contributed by atoms with van der Waals surface area (Å²) < 4.78 is 0. The first-order chi connectivity index (χ1) is 14.6. The molecule has 30 heavy (non-hydrogen) atoms. The Morgan fingerprint density at radius 2 is 2.00 bits per heavy atom. The standard InChI is InChI=1S/C22H28N6O2/c1-26-11-12-27(15-22(26)30)20-13-19(23-16-24-20)25-18-9-10-28(14-18)21(29)8-7-17-5-3-2-4-6-17/h2-6,13,16,18H,7-12,14-15H2,1H3,(H,23,24,25). The van der Waals surface area contributed by atoms with E-state index in [-0.39, 0.29) is 17.9 Å². The van der Waals surface area contributed by atoms with E-state index in [0.717, 1.165) is 37.6 Å². The van der Waals surface area contributed by atoms with Crippen LogP contribution >= 0.6 is 0 Å². The number of hydrogen-bond donors (Lipinski definition) is 1. The molecule has 0 aliphatic carbocycles. The van der Waals surface area contributed by atoms with Gasteiger partial charge in [0.05, 0.1) is 6.54 Å². The molecule has 0 radical (unpaired) electrons. The number of nitrogens with one attached hydrogen (secondary N) is 1. The van der Waals surface area contributed by atoms with Gasteiger partial charge in [-0.25, -0.2) is 9.97 Å². The minimum absolute atomic E-state index is 0.0924. The van der Waals surface area contributed by atoms with Crippen LogP contribution < -0.4 is 10.2 Å². The van der Waals surface area contributed by atoms with Crippen molar-refractivity contribution in [3.63, 3.8) is 0 Å². The van der Waals surface area contributed by atoms with Gasteiger partial charge in [0.1, 0.15) is 18.0 Å². The number of carbonyl (C=O) groups excluding carboxylic acids is 2. The molecule has 0 saturated carbocycles. The van der Waals surface area contributed by atoms with Crippen LogP contribution in [0.2, 0.25) is 0 Å². The Labute approximate surface area is 176 Å². The number of aryl methyl sites for hydroxylation is 1. The molecule has 0 bridgehead atoms. The second-order valence-corrected chi connectivity index (χ2v) is 7.95. The number of carbonyl (C=O) groups is 2. The Hall–Kier alpha value is -3.16. The molecule has 1 atom stereocenters. The van der Waals surface area contributed by atoms with E-state index in [1.807, 2.05) is 41.1 Å². The number of nitrogens with zero attached hydrogens (tertiary/aromatic N) is 5. The summed E-state index contributed by atoms with van der Waals surface area (Å²) in [4.78, 5) is 38.8. The van der Waals surface area contributed by atoms with Crippen molar-refractivity contribution >= 4 is 23.5 Å². The highest BCUT2D eigenvalue weighted by atomic mass is 16.2. The Kier molecular flexibility index (Phi) is 6.11. The number of amides is 2. The van der Waals surface area contributed by atoms with E-state index in [4.69, 9.17) is 0 Å². The van der Waals surface area contributed by atoms with E-state index in [2.05, 4.69) is 27.4 Å².